The van der Waals surface area contributed by atoms with Crippen LogP contribution >= 0.6 is 0 Å². The van der Waals surface area contributed by atoms with Gasteiger partial charge in [-0.25, -0.2) is 4.98 Å². The van der Waals surface area contributed by atoms with Crippen molar-refractivity contribution in [1.82, 2.24) is 14.7 Å². The standard InChI is InChI=1S/C17H19N3O/c1-13-6-7-16(14(9-13)10-18-2)21-12-15-11-20-8-4-3-5-17(20)19-15/h3-9,11,18H,10,12H2,1-2H3. The van der Waals surface area contributed by atoms with Crippen molar-refractivity contribution in [3.05, 3.63) is 65.6 Å². The van der Waals surface area contributed by atoms with Crippen LogP contribution in [-0.2, 0) is 13.2 Å². The van der Waals surface area contributed by atoms with Gasteiger partial charge in [0.15, 0.2) is 0 Å². The van der Waals surface area contributed by atoms with E-state index < -0.39 is 0 Å². The van der Waals surface area contributed by atoms with Gasteiger partial charge in [0.2, 0.25) is 0 Å². The molecule has 0 atom stereocenters. The first-order valence-electron chi connectivity index (χ1n) is 7.06. The molecule has 21 heavy (non-hydrogen) atoms. The first kappa shape index (κ1) is 13.6. The SMILES string of the molecule is CNCc1cc(C)ccc1OCc1cn2ccccc2n1. The Hall–Kier alpha value is -2.33. The van der Waals surface area contributed by atoms with Crippen LogP contribution in [0.1, 0.15) is 16.8 Å². The fourth-order valence-corrected chi connectivity index (χ4v) is 2.39. The third kappa shape index (κ3) is 3.06. The molecular formula is C17H19N3O. The molecule has 0 aliphatic rings. The average Bonchev–Trinajstić information content (AvgIpc) is 2.89. The van der Waals surface area contributed by atoms with Crippen molar-refractivity contribution in [2.75, 3.05) is 7.05 Å². The summed E-state index contributed by atoms with van der Waals surface area (Å²) < 4.78 is 7.95. The lowest BCUT2D eigenvalue weighted by atomic mass is 10.1. The number of rotatable bonds is 5. The molecule has 0 spiro atoms. The molecule has 4 nitrogen and oxygen atoms in total. The minimum absolute atomic E-state index is 0.474. The highest BCUT2D eigenvalue weighted by Crippen LogP contribution is 2.21. The minimum atomic E-state index is 0.474. The summed E-state index contributed by atoms with van der Waals surface area (Å²) >= 11 is 0. The summed E-state index contributed by atoms with van der Waals surface area (Å²) in [4.78, 5) is 4.54. The average molecular weight is 281 g/mol. The third-order valence-electron chi connectivity index (χ3n) is 3.37. The van der Waals surface area contributed by atoms with Gasteiger partial charge in [-0.3, -0.25) is 0 Å². The van der Waals surface area contributed by atoms with Gasteiger partial charge in [-0.2, -0.15) is 0 Å². The molecule has 1 N–H and O–H groups in total. The number of nitrogens with zero attached hydrogens (tertiary/aromatic N) is 2. The smallest absolute Gasteiger partial charge is 0.137 e. The maximum atomic E-state index is 5.94. The van der Waals surface area contributed by atoms with Crippen LogP contribution in [0.3, 0.4) is 0 Å². The molecule has 4 heteroatoms. The topological polar surface area (TPSA) is 38.6 Å². The normalized spacial score (nSPS) is 11.0. The molecule has 0 aliphatic heterocycles. The van der Waals surface area contributed by atoms with Crippen LogP contribution in [0.5, 0.6) is 5.75 Å². The Kier molecular flexibility index (Phi) is 3.88. The highest BCUT2D eigenvalue weighted by atomic mass is 16.5. The predicted molar refractivity (Wildman–Crippen MR) is 83.5 cm³/mol. The Morgan fingerprint density at radius 3 is 2.95 bits per heavy atom. The van der Waals surface area contributed by atoms with E-state index in [4.69, 9.17) is 4.74 Å². The molecule has 0 saturated heterocycles. The fourth-order valence-electron chi connectivity index (χ4n) is 2.39. The van der Waals surface area contributed by atoms with Crippen LogP contribution in [0.2, 0.25) is 0 Å². The van der Waals surface area contributed by atoms with Gasteiger partial charge in [-0.15, -0.1) is 0 Å². The summed E-state index contributed by atoms with van der Waals surface area (Å²) in [5.74, 6) is 0.909. The first-order valence-corrected chi connectivity index (χ1v) is 7.06. The number of fused-ring (bicyclic) bond motifs is 1. The number of aromatic nitrogens is 2. The Balaban J connectivity index is 1.77. The quantitative estimate of drug-likeness (QED) is 0.781. The van der Waals surface area contributed by atoms with E-state index in [0.717, 1.165) is 23.6 Å². The van der Waals surface area contributed by atoms with Crippen LogP contribution in [-0.4, -0.2) is 16.4 Å². The number of hydrogen-bond acceptors (Lipinski definition) is 3. The Labute approximate surface area is 124 Å². The van der Waals surface area contributed by atoms with Gasteiger partial charge < -0.3 is 14.5 Å². The van der Waals surface area contributed by atoms with Gasteiger partial charge in [0.05, 0.1) is 5.69 Å². The van der Waals surface area contributed by atoms with E-state index in [1.165, 1.54) is 11.1 Å². The van der Waals surface area contributed by atoms with Gasteiger partial charge in [0.25, 0.3) is 0 Å². The highest BCUT2D eigenvalue weighted by Gasteiger charge is 2.06. The first-order chi connectivity index (χ1) is 10.3. The summed E-state index contributed by atoms with van der Waals surface area (Å²) in [6.07, 6.45) is 3.99. The molecule has 1 aromatic carbocycles. The van der Waals surface area contributed by atoms with Crippen LogP contribution in [0.25, 0.3) is 5.65 Å². The highest BCUT2D eigenvalue weighted by molar-refractivity contribution is 5.40. The summed E-state index contributed by atoms with van der Waals surface area (Å²) in [5, 5.41) is 3.17. The number of nitrogens with one attached hydrogen (secondary N) is 1. The fraction of sp³-hybridized carbons (Fsp3) is 0.235. The lowest BCUT2D eigenvalue weighted by Crippen LogP contribution is -2.08. The summed E-state index contributed by atoms with van der Waals surface area (Å²) in [7, 11) is 1.94. The Morgan fingerprint density at radius 1 is 1.24 bits per heavy atom. The van der Waals surface area contributed by atoms with Crippen LogP contribution < -0.4 is 10.1 Å². The lowest BCUT2D eigenvalue weighted by molar-refractivity contribution is 0.298. The molecule has 0 bridgehead atoms. The van der Waals surface area contributed by atoms with Crippen molar-refractivity contribution in [2.24, 2.45) is 0 Å². The zero-order valence-corrected chi connectivity index (χ0v) is 12.3. The lowest BCUT2D eigenvalue weighted by Gasteiger charge is -2.11. The van der Waals surface area contributed by atoms with E-state index in [1.807, 2.05) is 48.1 Å². The second kappa shape index (κ2) is 5.97. The van der Waals surface area contributed by atoms with E-state index in [0.29, 0.717) is 6.61 Å². The molecule has 0 radical (unpaired) electrons. The van der Waals surface area contributed by atoms with Crippen molar-refractivity contribution in [2.45, 2.75) is 20.1 Å². The van der Waals surface area contributed by atoms with Crippen molar-refractivity contribution in [3.8, 4) is 5.75 Å². The van der Waals surface area contributed by atoms with E-state index in [-0.39, 0.29) is 0 Å². The molecule has 108 valence electrons. The maximum absolute atomic E-state index is 5.94. The largest absolute Gasteiger partial charge is 0.487 e. The van der Waals surface area contributed by atoms with Gasteiger partial charge in [-0.05, 0) is 32.2 Å². The monoisotopic (exact) mass is 281 g/mol. The van der Waals surface area contributed by atoms with E-state index in [1.54, 1.807) is 0 Å². The molecule has 0 saturated carbocycles. The number of ether oxygens (including phenoxy) is 1. The van der Waals surface area contributed by atoms with Gasteiger partial charge in [-0.1, -0.05) is 23.8 Å². The molecule has 0 amide bonds. The van der Waals surface area contributed by atoms with Gasteiger partial charge >= 0.3 is 0 Å². The molecule has 0 aliphatic carbocycles. The number of pyridine rings is 1. The second-order valence-electron chi connectivity index (χ2n) is 5.13. The predicted octanol–water partition coefficient (Wildman–Crippen LogP) is 2.94. The molecule has 0 fully saturated rings. The van der Waals surface area contributed by atoms with Crippen molar-refractivity contribution < 1.29 is 4.74 Å². The summed E-state index contributed by atoms with van der Waals surface area (Å²) in [6, 6.07) is 12.2. The number of imidazole rings is 1. The number of aryl methyl sites for hydroxylation is 1. The zero-order valence-electron chi connectivity index (χ0n) is 12.3. The second-order valence-corrected chi connectivity index (χ2v) is 5.13. The van der Waals surface area contributed by atoms with E-state index >= 15 is 0 Å². The zero-order chi connectivity index (χ0) is 14.7. The van der Waals surface area contributed by atoms with Crippen LogP contribution in [0.15, 0.2) is 48.8 Å². The van der Waals surface area contributed by atoms with E-state index in [9.17, 15) is 0 Å². The van der Waals surface area contributed by atoms with Crippen molar-refractivity contribution in [3.63, 3.8) is 0 Å². The van der Waals surface area contributed by atoms with E-state index in [2.05, 4.69) is 29.4 Å². The number of benzene rings is 1. The molecule has 3 rings (SSSR count). The molecule has 2 heterocycles. The Bertz CT molecular complexity index is 716. The molecule has 3 aromatic rings. The molecule has 2 aromatic heterocycles. The molecule has 0 unspecified atom stereocenters. The van der Waals surface area contributed by atoms with Crippen molar-refractivity contribution >= 4 is 5.65 Å². The Morgan fingerprint density at radius 2 is 2.14 bits per heavy atom. The summed E-state index contributed by atoms with van der Waals surface area (Å²) in [6.45, 7) is 3.36. The molecular weight excluding hydrogens is 262 g/mol. The third-order valence-corrected chi connectivity index (χ3v) is 3.37. The van der Waals surface area contributed by atoms with Crippen molar-refractivity contribution in [1.29, 1.82) is 0 Å². The van der Waals surface area contributed by atoms with Crippen LogP contribution in [0, 0.1) is 6.92 Å². The summed E-state index contributed by atoms with van der Waals surface area (Å²) in [5.41, 5.74) is 4.27. The maximum Gasteiger partial charge on any atom is 0.137 e. The van der Waals surface area contributed by atoms with Crippen LogP contribution in [0.4, 0.5) is 0 Å². The van der Waals surface area contributed by atoms with Gasteiger partial charge in [0.1, 0.15) is 18.0 Å². The number of hydrogen-bond donors (Lipinski definition) is 1. The minimum Gasteiger partial charge on any atom is -0.487 e. The van der Waals surface area contributed by atoms with Gasteiger partial charge in [0, 0.05) is 24.5 Å².